The van der Waals surface area contributed by atoms with Gasteiger partial charge in [0.25, 0.3) is 0 Å². The van der Waals surface area contributed by atoms with E-state index in [1.165, 1.54) is 24.9 Å². The summed E-state index contributed by atoms with van der Waals surface area (Å²) < 4.78 is 10.3. The summed E-state index contributed by atoms with van der Waals surface area (Å²) in [5.41, 5.74) is 1.09. The molecule has 6 nitrogen and oxygen atoms in total. The number of ether oxygens (including phenoxy) is 2. The van der Waals surface area contributed by atoms with Crippen LogP contribution in [0.1, 0.15) is 6.42 Å². The smallest absolute Gasteiger partial charge is 0.333 e. The molecule has 0 N–H and O–H groups in total. The second-order valence-corrected chi connectivity index (χ2v) is 6.49. The van der Waals surface area contributed by atoms with E-state index in [1.54, 1.807) is 4.90 Å². The van der Waals surface area contributed by atoms with Crippen molar-refractivity contribution in [3.63, 3.8) is 0 Å². The van der Waals surface area contributed by atoms with E-state index < -0.39 is 5.97 Å². The Balaban J connectivity index is 1.59. The van der Waals surface area contributed by atoms with Crippen molar-refractivity contribution in [1.82, 2.24) is 4.90 Å². The molecular formula is C17H20N2O4S. The third-order valence-corrected chi connectivity index (χ3v) is 5.01. The molecule has 0 aromatic heterocycles. The molecule has 1 fully saturated rings. The lowest BCUT2D eigenvalue weighted by Crippen LogP contribution is -2.35. The van der Waals surface area contributed by atoms with Gasteiger partial charge in [0.2, 0.25) is 5.91 Å². The number of carbonyl (C=O) groups excluding carboxylic acids is 2. The van der Waals surface area contributed by atoms with E-state index in [0.29, 0.717) is 23.9 Å². The van der Waals surface area contributed by atoms with Crippen LogP contribution in [-0.2, 0) is 14.3 Å². The van der Waals surface area contributed by atoms with Crippen LogP contribution in [0.2, 0.25) is 0 Å². The van der Waals surface area contributed by atoms with Gasteiger partial charge in [-0.05, 0) is 18.6 Å². The summed E-state index contributed by atoms with van der Waals surface area (Å²) in [6.45, 7) is 2.93. The van der Waals surface area contributed by atoms with Gasteiger partial charge in [0.05, 0.1) is 36.2 Å². The van der Waals surface area contributed by atoms with Crippen molar-refractivity contribution in [2.75, 3.05) is 44.0 Å². The molecule has 0 radical (unpaired) electrons. The van der Waals surface area contributed by atoms with Gasteiger partial charge in [-0.3, -0.25) is 4.79 Å². The third-order valence-electron chi connectivity index (χ3n) is 3.99. The molecule has 2 aliphatic rings. The fourth-order valence-corrected chi connectivity index (χ4v) is 3.76. The molecule has 1 saturated heterocycles. The first-order valence-corrected chi connectivity index (χ1v) is 8.87. The van der Waals surface area contributed by atoms with Crippen molar-refractivity contribution >= 4 is 29.3 Å². The van der Waals surface area contributed by atoms with Crippen LogP contribution < -0.4 is 9.64 Å². The van der Waals surface area contributed by atoms with Gasteiger partial charge >= 0.3 is 5.97 Å². The van der Waals surface area contributed by atoms with Crippen molar-refractivity contribution in [2.45, 2.75) is 6.42 Å². The van der Waals surface area contributed by atoms with E-state index in [1.807, 2.05) is 24.3 Å². The highest BCUT2D eigenvalue weighted by Crippen LogP contribution is 2.32. The highest BCUT2D eigenvalue weighted by atomic mass is 32.2. The SMILES string of the molecule is COC(=O)/C=C1/SCC(=O)N1CCCN1CCOc2ccccc21. The van der Waals surface area contributed by atoms with Crippen molar-refractivity contribution in [2.24, 2.45) is 0 Å². The first-order valence-electron chi connectivity index (χ1n) is 7.88. The highest BCUT2D eigenvalue weighted by Gasteiger charge is 2.27. The maximum Gasteiger partial charge on any atom is 0.333 e. The molecule has 1 amide bonds. The Morgan fingerprint density at radius 2 is 2.21 bits per heavy atom. The van der Waals surface area contributed by atoms with Gasteiger partial charge < -0.3 is 19.3 Å². The minimum absolute atomic E-state index is 0.0394. The number of methoxy groups -OCH3 is 1. The second kappa shape index (κ2) is 7.61. The Bertz CT molecular complexity index is 662. The minimum atomic E-state index is -0.431. The summed E-state index contributed by atoms with van der Waals surface area (Å²) in [5.74, 6) is 0.892. The van der Waals surface area contributed by atoms with E-state index in [-0.39, 0.29) is 5.91 Å². The molecule has 3 rings (SSSR count). The Hall–Kier alpha value is -2.15. The topological polar surface area (TPSA) is 59.1 Å². The van der Waals surface area contributed by atoms with Gasteiger partial charge in [-0.2, -0.15) is 0 Å². The predicted molar refractivity (Wildman–Crippen MR) is 93.0 cm³/mol. The zero-order valence-electron chi connectivity index (χ0n) is 13.6. The number of carbonyl (C=O) groups is 2. The van der Waals surface area contributed by atoms with Crippen LogP contribution in [0.4, 0.5) is 5.69 Å². The summed E-state index contributed by atoms with van der Waals surface area (Å²) in [7, 11) is 1.33. The number of hydrogen-bond donors (Lipinski definition) is 0. The van der Waals surface area contributed by atoms with Gasteiger partial charge in [-0.1, -0.05) is 23.9 Å². The van der Waals surface area contributed by atoms with Gasteiger partial charge in [-0.25, -0.2) is 4.79 Å². The number of fused-ring (bicyclic) bond motifs is 1. The van der Waals surface area contributed by atoms with Crippen LogP contribution in [0.5, 0.6) is 5.75 Å². The monoisotopic (exact) mass is 348 g/mol. The van der Waals surface area contributed by atoms with Gasteiger partial charge in [0.1, 0.15) is 12.4 Å². The van der Waals surface area contributed by atoms with E-state index in [0.717, 1.165) is 30.9 Å². The molecule has 7 heteroatoms. The average molecular weight is 348 g/mol. The molecule has 2 heterocycles. The molecule has 0 bridgehead atoms. The Kier molecular flexibility index (Phi) is 5.30. The molecule has 24 heavy (non-hydrogen) atoms. The third kappa shape index (κ3) is 3.67. The zero-order valence-corrected chi connectivity index (χ0v) is 14.4. The van der Waals surface area contributed by atoms with E-state index in [4.69, 9.17) is 4.74 Å². The van der Waals surface area contributed by atoms with Crippen LogP contribution >= 0.6 is 11.8 Å². The van der Waals surface area contributed by atoms with E-state index in [9.17, 15) is 9.59 Å². The molecule has 1 aromatic carbocycles. The molecule has 1 aromatic rings. The number of para-hydroxylation sites is 2. The number of benzene rings is 1. The zero-order chi connectivity index (χ0) is 16.9. The largest absolute Gasteiger partial charge is 0.490 e. The van der Waals surface area contributed by atoms with Crippen LogP contribution in [0.25, 0.3) is 0 Å². The fourth-order valence-electron chi connectivity index (χ4n) is 2.81. The first-order chi connectivity index (χ1) is 11.7. The van der Waals surface area contributed by atoms with Crippen LogP contribution in [-0.4, -0.2) is 55.9 Å². The van der Waals surface area contributed by atoms with E-state index in [2.05, 4.69) is 9.64 Å². The molecule has 128 valence electrons. The summed E-state index contributed by atoms with van der Waals surface area (Å²) in [4.78, 5) is 27.4. The standard InChI is InChI=1S/C17H20N2O4S/c1-22-17(21)11-16-19(15(20)12-24-16)8-4-7-18-9-10-23-14-6-3-2-5-13(14)18/h2-3,5-6,11H,4,7-10,12H2,1H3/b16-11+. The molecule has 0 aliphatic carbocycles. The van der Waals surface area contributed by atoms with Gasteiger partial charge in [-0.15, -0.1) is 0 Å². The predicted octanol–water partition coefficient (Wildman–Crippen LogP) is 1.87. The lowest BCUT2D eigenvalue weighted by molar-refractivity contribution is -0.134. The second-order valence-electron chi connectivity index (χ2n) is 5.50. The number of thioether (sulfide) groups is 1. The lowest BCUT2D eigenvalue weighted by atomic mass is 10.2. The number of anilines is 1. The first kappa shape index (κ1) is 16.7. The van der Waals surface area contributed by atoms with Gasteiger partial charge in [0.15, 0.2) is 0 Å². The number of rotatable bonds is 5. The van der Waals surface area contributed by atoms with Crippen molar-refractivity contribution in [3.8, 4) is 5.75 Å². The Morgan fingerprint density at radius 3 is 3.04 bits per heavy atom. The minimum Gasteiger partial charge on any atom is -0.490 e. The summed E-state index contributed by atoms with van der Waals surface area (Å²) in [6.07, 6.45) is 2.21. The molecule has 0 atom stereocenters. The Morgan fingerprint density at radius 1 is 1.38 bits per heavy atom. The van der Waals surface area contributed by atoms with Crippen molar-refractivity contribution in [3.05, 3.63) is 35.4 Å². The number of hydrogen-bond acceptors (Lipinski definition) is 6. The Labute approximate surface area is 145 Å². The van der Waals surface area contributed by atoms with Crippen molar-refractivity contribution in [1.29, 1.82) is 0 Å². The van der Waals surface area contributed by atoms with Crippen LogP contribution in [0.3, 0.4) is 0 Å². The average Bonchev–Trinajstić information content (AvgIpc) is 2.95. The summed E-state index contributed by atoms with van der Waals surface area (Å²) in [6, 6.07) is 7.98. The molecule has 0 spiro atoms. The highest BCUT2D eigenvalue weighted by molar-refractivity contribution is 8.04. The number of nitrogens with zero attached hydrogens (tertiary/aromatic N) is 2. The van der Waals surface area contributed by atoms with Crippen LogP contribution in [0.15, 0.2) is 35.4 Å². The maximum absolute atomic E-state index is 12.0. The molecule has 0 saturated carbocycles. The van der Waals surface area contributed by atoms with Crippen LogP contribution in [0, 0.1) is 0 Å². The fraction of sp³-hybridized carbons (Fsp3) is 0.412. The van der Waals surface area contributed by atoms with Gasteiger partial charge in [0, 0.05) is 13.1 Å². The molecule has 0 unspecified atom stereocenters. The normalized spacial score (nSPS) is 18.5. The number of amides is 1. The molecular weight excluding hydrogens is 328 g/mol. The summed E-state index contributed by atoms with van der Waals surface area (Å²) in [5, 5.41) is 0.675. The maximum atomic E-state index is 12.0. The van der Waals surface area contributed by atoms with Crippen molar-refractivity contribution < 1.29 is 19.1 Å². The number of esters is 1. The van der Waals surface area contributed by atoms with E-state index >= 15 is 0 Å². The molecule has 2 aliphatic heterocycles. The quantitative estimate of drug-likeness (QED) is 0.598. The summed E-state index contributed by atoms with van der Waals surface area (Å²) >= 11 is 1.38. The lowest BCUT2D eigenvalue weighted by Gasteiger charge is -2.31.